The van der Waals surface area contributed by atoms with Crippen LogP contribution < -0.4 is 10.2 Å². The number of nitrogens with zero attached hydrogens (tertiary/aromatic N) is 4. The summed E-state index contributed by atoms with van der Waals surface area (Å²) < 4.78 is 0. The zero-order chi connectivity index (χ0) is 15.1. The molecule has 0 radical (unpaired) electrons. The molecule has 0 aliphatic carbocycles. The third kappa shape index (κ3) is 4.37. The van der Waals surface area contributed by atoms with E-state index in [-0.39, 0.29) is 24.2 Å². The number of amides is 2. The largest absolute Gasteiger partial charge is 0.316 e. The van der Waals surface area contributed by atoms with Gasteiger partial charge in [0.2, 0.25) is 11.8 Å². The molecule has 0 saturated heterocycles. The number of carbonyl (C=O) groups excluding carboxylic acids is 2. The molecule has 0 aliphatic heterocycles. The van der Waals surface area contributed by atoms with Crippen molar-refractivity contribution in [2.75, 3.05) is 17.3 Å². The van der Waals surface area contributed by atoms with Crippen LogP contribution in [-0.4, -0.2) is 39.5 Å². The quantitative estimate of drug-likeness (QED) is 0.824. The molecular formula is C13H16N6O2. The summed E-state index contributed by atoms with van der Waals surface area (Å²) in [7, 11) is 1.72. The van der Waals surface area contributed by atoms with Crippen LogP contribution in [-0.2, 0) is 9.59 Å². The van der Waals surface area contributed by atoms with Crippen molar-refractivity contribution < 1.29 is 9.59 Å². The lowest BCUT2D eigenvalue weighted by Crippen LogP contribution is -2.26. The first kappa shape index (κ1) is 14.6. The summed E-state index contributed by atoms with van der Waals surface area (Å²) >= 11 is 0. The average molecular weight is 288 g/mol. The first-order valence-electron chi connectivity index (χ1n) is 6.51. The number of aromatic nitrogens is 4. The van der Waals surface area contributed by atoms with Crippen LogP contribution in [0.4, 0.5) is 11.6 Å². The van der Waals surface area contributed by atoms with E-state index in [0.717, 1.165) is 5.69 Å². The Morgan fingerprint density at radius 1 is 1.24 bits per heavy atom. The summed E-state index contributed by atoms with van der Waals surface area (Å²) in [6.07, 6.45) is 0.980. The van der Waals surface area contributed by atoms with Gasteiger partial charge in [0.05, 0.1) is 0 Å². The van der Waals surface area contributed by atoms with Crippen LogP contribution in [0.1, 0.15) is 19.3 Å². The minimum atomic E-state index is -0.244. The van der Waals surface area contributed by atoms with Gasteiger partial charge in [-0.05, 0) is 23.8 Å². The van der Waals surface area contributed by atoms with Gasteiger partial charge in [0.15, 0.2) is 0 Å². The van der Waals surface area contributed by atoms with Crippen LogP contribution in [0.15, 0.2) is 30.3 Å². The van der Waals surface area contributed by atoms with Crippen LogP contribution in [0, 0.1) is 0 Å². The second kappa shape index (κ2) is 7.13. The summed E-state index contributed by atoms with van der Waals surface area (Å²) in [5.41, 5.74) is 0.832. The van der Waals surface area contributed by atoms with E-state index in [4.69, 9.17) is 0 Å². The summed E-state index contributed by atoms with van der Waals surface area (Å²) in [6.45, 7) is 0. The first-order chi connectivity index (χ1) is 10.2. The number of aromatic amines is 1. The van der Waals surface area contributed by atoms with Crippen molar-refractivity contribution in [1.29, 1.82) is 0 Å². The van der Waals surface area contributed by atoms with Crippen LogP contribution in [0.3, 0.4) is 0 Å². The maximum Gasteiger partial charge on any atom is 0.269 e. The Balaban J connectivity index is 1.73. The minimum absolute atomic E-state index is 0.0337. The van der Waals surface area contributed by atoms with E-state index in [2.05, 4.69) is 25.9 Å². The smallest absolute Gasteiger partial charge is 0.269 e. The lowest BCUT2D eigenvalue weighted by atomic mass is 10.2. The predicted molar refractivity (Wildman–Crippen MR) is 76.5 cm³/mol. The summed E-state index contributed by atoms with van der Waals surface area (Å²) in [5.74, 6) is -0.146. The van der Waals surface area contributed by atoms with Crippen molar-refractivity contribution in [3.63, 3.8) is 0 Å². The predicted octanol–water partition coefficient (Wildman–Crippen LogP) is 0.971. The molecule has 110 valence electrons. The Morgan fingerprint density at radius 2 is 2.00 bits per heavy atom. The monoisotopic (exact) mass is 288 g/mol. The molecule has 2 aromatic rings. The molecule has 1 heterocycles. The third-order valence-electron chi connectivity index (χ3n) is 2.91. The number of benzene rings is 1. The van der Waals surface area contributed by atoms with Crippen molar-refractivity contribution in [2.45, 2.75) is 19.3 Å². The molecule has 1 aromatic heterocycles. The second-order valence-electron chi connectivity index (χ2n) is 4.43. The molecule has 2 rings (SSSR count). The molecule has 1 aromatic carbocycles. The fourth-order valence-corrected chi connectivity index (χ4v) is 1.77. The van der Waals surface area contributed by atoms with Crippen LogP contribution >= 0.6 is 0 Å². The molecule has 2 amide bonds. The molecule has 0 spiro atoms. The number of hydrogen-bond acceptors (Lipinski definition) is 5. The van der Waals surface area contributed by atoms with E-state index in [0.29, 0.717) is 12.8 Å². The maximum atomic E-state index is 12.0. The zero-order valence-electron chi connectivity index (χ0n) is 11.6. The van der Waals surface area contributed by atoms with E-state index in [9.17, 15) is 9.59 Å². The zero-order valence-corrected chi connectivity index (χ0v) is 11.6. The normalized spacial score (nSPS) is 10.1. The van der Waals surface area contributed by atoms with E-state index in [1.165, 1.54) is 0 Å². The van der Waals surface area contributed by atoms with Gasteiger partial charge >= 0.3 is 0 Å². The molecule has 0 aliphatic rings. The Kier molecular flexibility index (Phi) is 4.97. The Labute approximate surface area is 121 Å². The number of carbonyl (C=O) groups is 2. The van der Waals surface area contributed by atoms with E-state index in [1.807, 2.05) is 30.3 Å². The van der Waals surface area contributed by atoms with Gasteiger partial charge in [-0.25, -0.2) is 0 Å². The summed E-state index contributed by atoms with van der Waals surface area (Å²) in [4.78, 5) is 25.2. The van der Waals surface area contributed by atoms with Gasteiger partial charge in [0.25, 0.3) is 5.95 Å². The van der Waals surface area contributed by atoms with E-state index >= 15 is 0 Å². The van der Waals surface area contributed by atoms with Crippen LogP contribution in [0.25, 0.3) is 0 Å². The number of para-hydroxylation sites is 1. The molecule has 2 N–H and O–H groups in total. The maximum absolute atomic E-state index is 12.0. The second-order valence-corrected chi connectivity index (χ2v) is 4.43. The Hall–Kier alpha value is -2.77. The number of H-pyrrole nitrogens is 1. The molecule has 8 nitrogen and oxygen atoms in total. The highest BCUT2D eigenvalue weighted by atomic mass is 16.2. The van der Waals surface area contributed by atoms with Gasteiger partial charge in [0.1, 0.15) is 0 Å². The van der Waals surface area contributed by atoms with Gasteiger partial charge < -0.3 is 4.90 Å². The molecular weight excluding hydrogens is 272 g/mol. The molecule has 0 atom stereocenters. The fraction of sp³-hybridized carbons (Fsp3) is 0.308. The van der Waals surface area contributed by atoms with Gasteiger partial charge in [-0.2, -0.15) is 5.21 Å². The Bertz CT molecular complexity index is 584. The molecule has 0 saturated carbocycles. The highest BCUT2D eigenvalue weighted by Crippen LogP contribution is 2.13. The third-order valence-corrected chi connectivity index (χ3v) is 2.91. The Morgan fingerprint density at radius 3 is 2.67 bits per heavy atom. The van der Waals surface area contributed by atoms with Crippen molar-refractivity contribution in [3.8, 4) is 0 Å². The molecule has 8 heteroatoms. The van der Waals surface area contributed by atoms with Gasteiger partial charge in [-0.3, -0.25) is 14.9 Å². The van der Waals surface area contributed by atoms with Crippen LogP contribution in [0.2, 0.25) is 0 Å². The van der Waals surface area contributed by atoms with Crippen molar-refractivity contribution in [2.24, 2.45) is 0 Å². The van der Waals surface area contributed by atoms with Gasteiger partial charge in [0, 0.05) is 25.6 Å². The molecule has 21 heavy (non-hydrogen) atoms. The molecule has 0 unspecified atom stereocenters. The van der Waals surface area contributed by atoms with Crippen molar-refractivity contribution >= 4 is 23.5 Å². The topological polar surface area (TPSA) is 104 Å². The number of nitrogens with one attached hydrogen (secondary N) is 2. The average Bonchev–Trinajstić information content (AvgIpc) is 3.00. The standard InChI is InChI=1S/C13H16N6O2/c1-19(10-6-3-2-4-7-10)12(21)9-5-8-11(20)14-13-15-17-18-16-13/h2-4,6-7H,5,8-9H2,1H3,(H2,14,15,16,17,18,20). The van der Waals surface area contributed by atoms with E-state index in [1.54, 1.807) is 11.9 Å². The van der Waals surface area contributed by atoms with E-state index < -0.39 is 0 Å². The lowest BCUT2D eigenvalue weighted by Gasteiger charge is -2.16. The SMILES string of the molecule is CN(C(=O)CCCC(=O)Nc1nn[nH]n1)c1ccccc1. The molecule has 0 bridgehead atoms. The van der Waals surface area contributed by atoms with Crippen molar-refractivity contribution in [1.82, 2.24) is 20.6 Å². The number of rotatable bonds is 6. The highest BCUT2D eigenvalue weighted by molar-refractivity contribution is 5.93. The van der Waals surface area contributed by atoms with Gasteiger partial charge in [-0.1, -0.05) is 23.3 Å². The highest BCUT2D eigenvalue weighted by Gasteiger charge is 2.12. The fourth-order valence-electron chi connectivity index (χ4n) is 1.77. The summed E-state index contributed by atoms with van der Waals surface area (Å²) in [6, 6.07) is 9.36. The van der Waals surface area contributed by atoms with Gasteiger partial charge in [-0.15, -0.1) is 5.10 Å². The number of hydrogen-bond donors (Lipinski definition) is 2. The molecule has 0 fully saturated rings. The van der Waals surface area contributed by atoms with Crippen LogP contribution in [0.5, 0.6) is 0 Å². The number of anilines is 2. The lowest BCUT2D eigenvalue weighted by molar-refractivity contribution is -0.118. The first-order valence-corrected chi connectivity index (χ1v) is 6.51. The van der Waals surface area contributed by atoms with Crippen molar-refractivity contribution in [3.05, 3.63) is 30.3 Å². The number of tetrazole rings is 1. The minimum Gasteiger partial charge on any atom is -0.316 e. The summed E-state index contributed by atoms with van der Waals surface area (Å²) in [5, 5.41) is 15.3.